The van der Waals surface area contributed by atoms with Crippen molar-refractivity contribution in [3.8, 4) is 0 Å². The minimum Gasteiger partial charge on any atom is -0.492 e. The Morgan fingerprint density at radius 2 is 1.95 bits per heavy atom. The molecule has 6 nitrogen and oxygen atoms in total. The molecule has 1 aliphatic rings. The fourth-order valence-electron chi connectivity index (χ4n) is 2.08. The molecule has 0 saturated carbocycles. The van der Waals surface area contributed by atoms with E-state index in [1.54, 1.807) is 30.3 Å². The summed E-state index contributed by atoms with van der Waals surface area (Å²) < 4.78 is 10.0. The molecule has 0 spiro atoms. The van der Waals surface area contributed by atoms with E-state index in [-0.39, 0.29) is 0 Å². The van der Waals surface area contributed by atoms with Crippen LogP contribution >= 0.6 is 0 Å². The average Bonchev–Trinajstić information content (AvgIpc) is 2.48. The number of hydrogen-bond acceptors (Lipinski definition) is 6. The van der Waals surface area contributed by atoms with Crippen LogP contribution in [0.25, 0.3) is 0 Å². The van der Waals surface area contributed by atoms with E-state index in [1.807, 2.05) is 0 Å². The van der Waals surface area contributed by atoms with E-state index >= 15 is 0 Å². The molecular formula is C15H16O6. The number of benzene rings is 1. The summed E-state index contributed by atoms with van der Waals surface area (Å²) in [4.78, 5) is 23.1. The van der Waals surface area contributed by atoms with Crippen molar-refractivity contribution in [3.05, 3.63) is 48.2 Å². The van der Waals surface area contributed by atoms with Crippen LogP contribution in [0.4, 0.5) is 0 Å². The number of ether oxygens (including phenoxy) is 2. The SMILES string of the molecule is CC(=O)O[C@@H]1C=CO[C@H](C(O)C(=O)c2ccccc2)[C@@H]1O. The molecular weight excluding hydrogens is 276 g/mol. The van der Waals surface area contributed by atoms with Crippen molar-refractivity contribution in [1.82, 2.24) is 0 Å². The number of ketones is 1. The lowest BCUT2D eigenvalue weighted by Crippen LogP contribution is -2.50. The standard InChI is InChI=1S/C15H16O6/c1-9(16)21-11-7-8-20-15(13(11)18)14(19)12(17)10-5-3-2-4-6-10/h2-8,11,13-15,18-19H,1H3/t11-,13-,14?,15+/m1/s1. The second-order valence-electron chi connectivity index (χ2n) is 4.67. The summed E-state index contributed by atoms with van der Waals surface area (Å²) in [5.41, 5.74) is 0.305. The second-order valence-corrected chi connectivity index (χ2v) is 4.67. The molecule has 0 bridgehead atoms. The first-order valence-corrected chi connectivity index (χ1v) is 6.45. The van der Waals surface area contributed by atoms with E-state index < -0.39 is 36.2 Å². The molecule has 0 saturated heterocycles. The molecule has 1 aliphatic heterocycles. The molecule has 112 valence electrons. The highest BCUT2D eigenvalue weighted by atomic mass is 16.6. The van der Waals surface area contributed by atoms with Gasteiger partial charge < -0.3 is 19.7 Å². The van der Waals surface area contributed by atoms with Crippen LogP contribution in [0.1, 0.15) is 17.3 Å². The molecule has 2 rings (SSSR count). The molecule has 6 heteroatoms. The largest absolute Gasteiger partial charge is 0.492 e. The van der Waals surface area contributed by atoms with Crippen molar-refractivity contribution in [3.63, 3.8) is 0 Å². The predicted molar refractivity (Wildman–Crippen MR) is 72.4 cm³/mol. The molecule has 1 aromatic carbocycles. The fourth-order valence-corrected chi connectivity index (χ4v) is 2.08. The summed E-state index contributed by atoms with van der Waals surface area (Å²) in [5, 5.41) is 20.2. The van der Waals surface area contributed by atoms with Gasteiger partial charge in [-0.05, 0) is 6.08 Å². The van der Waals surface area contributed by atoms with Crippen molar-refractivity contribution in [2.24, 2.45) is 0 Å². The Hall–Kier alpha value is -2.18. The highest BCUT2D eigenvalue weighted by Crippen LogP contribution is 2.20. The third-order valence-corrected chi connectivity index (χ3v) is 3.12. The number of carbonyl (C=O) groups excluding carboxylic acids is 2. The quantitative estimate of drug-likeness (QED) is 0.617. The Labute approximate surface area is 121 Å². The van der Waals surface area contributed by atoms with Crippen LogP contribution in [0.3, 0.4) is 0 Å². The molecule has 1 aromatic rings. The van der Waals surface area contributed by atoms with Crippen LogP contribution in [0.15, 0.2) is 42.7 Å². The Kier molecular flexibility index (Phi) is 4.72. The number of aliphatic hydroxyl groups is 2. The van der Waals surface area contributed by atoms with Gasteiger partial charge in [-0.25, -0.2) is 0 Å². The lowest BCUT2D eigenvalue weighted by molar-refractivity contribution is -0.159. The van der Waals surface area contributed by atoms with Gasteiger partial charge in [0, 0.05) is 12.5 Å². The van der Waals surface area contributed by atoms with Crippen LogP contribution in [-0.4, -0.2) is 46.4 Å². The van der Waals surface area contributed by atoms with Crippen LogP contribution in [0.2, 0.25) is 0 Å². The third-order valence-electron chi connectivity index (χ3n) is 3.12. The minimum atomic E-state index is -1.56. The first kappa shape index (κ1) is 15.2. The zero-order valence-corrected chi connectivity index (χ0v) is 11.4. The Balaban J connectivity index is 2.12. The highest BCUT2D eigenvalue weighted by molar-refractivity contribution is 5.99. The molecule has 2 N–H and O–H groups in total. The predicted octanol–water partition coefficient (Wildman–Crippen LogP) is 0.435. The van der Waals surface area contributed by atoms with Crippen molar-refractivity contribution in [2.75, 3.05) is 0 Å². The van der Waals surface area contributed by atoms with Crippen molar-refractivity contribution in [1.29, 1.82) is 0 Å². The van der Waals surface area contributed by atoms with Gasteiger partial charge in [-0.1, -0.05) is 30.3 Å². The highest BCUT2D eigenvalue weighted by Gasteiger charge is 2.40. The summed E-state index contributed by atoms with van der Waals surface area (Å²) in [6, 6.07) is 8.19. The van der Waals surface area contributed by atoms with E-state index in [0.717, 1.165) is 0 Å². The fraction of sp³-hybridized carbons (Fsp3) is 0.333. The third kappa shape index (κ3) is 3.48. The molecule has 1 heterocycles. The van der Waals surface area contributed by atoms with E-state index in [9.17, 15) is 19.8 Å². The summed E-state index contributed by atoms with van der Waals surface area (Å²) in [6.45, 7) is 1.20. The normalized spacial score (nSPS) is 25.8. The molecule has 21 heavy (non-hydrogen) atoms. The number of hydrogen-bond donors (Lipinski definition) is 2. The maximum atomic E-state index is 12.1. The van der Waals surface area contributed by atoms with Crippen LogP contribution < -0.4 is 0 Å². The van der Waals surface area contributed by atoms with Gasteiger partial charge in [0.15, 0.2) is 24.1 Å². The number of aliphatic hydroxyl groups excluding tert-OH is 2. The van der Waals surface area contributed by atoms with Crippen LogP contribution in [0, 0.1) is 0 Å². The zero-order chi connectivity index (χ0) is 15.4. The molecule has 0 aliphatic carbocycles. The van der Waals surface area contributed by atoms with Crippen molar-refractivity contribution < 1.29 is 29.3 Å². The van der Waals surface area contributed by atoms with E-state index in [2.05, 4.69) is 0 Å². The van der Waals surface area contributed by atoms with Gasteiger partial charge in [-0.2, -0.15) is 0 Å². The Bertz CT molecular complexity index is 538. The Morgan fingerprint density at radius 3 is 2.57 bits per heavy atom. The summed E-state index contributed by atoms with van der Waals surface area (Å²) in [7, 11) is 0. The first-order valence-electron chi connectivity index (χ1n) is 6.45. The van der Waals surface area contributed by atoms with Crippen LogP contribution in [0.5, 0.6) is 0 Å². The van der Waals surface area contributed by atoms with Gasteiger partial charge in [0.2, 0.25) is 0 Å². The monoisotopic (exact) mass is 292 g/mol. The summed E-state index contributed by atoms with van der Waals surface area (Å²) >= 11 is 0. The zero-order valence-electron chi connectivity index (χ0n) is 11.4. The van der Waals surface area contributed by atoms with Crippen molar-refractivity contribution in [2.45, 2.75) is 31.3 Å². The Morgan fingerprint density at radius 1 is 1.29 bits per heavy atom. The molecule has 0 fully saturated rings. The number of rotatable bonds is 4. The van der Waals surface area contributed by atoms with Crippen molar-refractivity contribution >= 4 is 11.8 Å². The van der Waals surface area contributed by atoms with Gasteiger partial charge in [-0.15, -0.1) is 0 Å². The van der Waals surface area contributed by atoms with Gasteiger partial charge in [0.25, 0.3) is 0 Å². The molecule has 4 atom stereocenters. The maximum absolute atomic E-state index is 12.1. The minimum absolute atomic E-state index is 0.305. The smallest absolute Gasteiger partial charge is 0.303 e. The molecule has 0 amide bonds. The maximum Gasteiger partial charge on any atom is 0.303 e. The number of esters is 1. The topological polar surface area (TPSA) is 93.1 Å². The van der Waals surface area contributed by atoms with E-state index in [0.29, 0.717) is 5.56 Å². The van der Waals surface area contributed by atoms with Gasteiger partial charge in [0.1, 0.15) is 6.10 Å². The van der Waals surface area contributed by atoms with E-state index in [1.165, 1.54) is 19.3 Å². The van der Waals surface area contributed by atoms with Gasteiger partial charge in [0.05, 0.1) is 6.26 Å². The van der Waals surface area contributed by atoms with Crippen LogP contribution in [-0.2, 0) is 14.3 Å². The summed E-state index contributed by atoms with van der Waals surface area (Å²) in [6.07, 6.45) is -2.51. The van der Waals surface area contributed by atoms with Gasteiger partial charge in [-0.3, -0.25) is 9.59 Å². The second kappa shape index (κ2) is 6.51. The molecule has 0 aromatic heterocycles. The summed E-state index contributed by atoms with van der Waals surface area (Å²) in [5.74, 6) is -1.15. The lowest BCUT2D eigenvalue weighted by Gasteiger charge is -2.32. The van der Waals surface area contributed by atoms with Gasteiger partial charge >= 0.3 is 5.97 Å². The average molecular weight is 292 g/mol. The van der Waals surface area contributed by atoms with E-state index in [4.69, 9.17) is 9.47 Å². The number of carbonyl (C=O) groups is 2. The number of Topliss-reactive ketones (excluding diaryl/α,β-unsaturated/α-hetero) is 1. The molecule has 1 unspecified atom stereocenters. The lowest BCUT2D eigenvalue weighted by atomic mass is 9.95. The molecule has 0 radical (unpaired) electrons. The first-order chi connectivity index (χ1) is 10.0.